The van der Waals surface area contributed by atoms with Crippen LogP contribution in [0.2, 0.25) is 0 Å². The maximum absolute atomic E-state index is 8.65. The first-order valence-corrected chi connectivity index (χ1v) is 5.35. The first-order chi connectivity index (χ1) is 6.83. The van der Waals surface area contributed by atoms with Crippen LogP contribution in [0, 0.1) is 5.92 Å². The van der Waals surface area contributed by atoms with Crippen molar-refractivity contribution in [2.45, 2.75) is 32.1 Å². The molecule has 0 radical (unpaired) electrons. The SMILES string of the molecule is C=C(CO)COOCC1CCCCC1. The van der Waals surface area contributed by atoms with Crippen molar-refractivity contribution in [3.8, 4) is 0 Å². The smallest absolute Gasteiger partial charge is 0.105 e. The summed E-state index contributed by atoms with van der Waals surface area (Å²) >= 11 is 0. The van der Waals surface area contributed by atoms with Gasteiger partial charge in [0, 0.05) is 0 Å². The van der Waals surface area contributed by atoms with Gasteiger partial charge in [-0.15, -0.1) is 0 Å². The molecule has 82 valence electrons. The molecule has 0 amide bonds. The second-order valence-electron chi connectivity index (χ2n) is 3.96. The molecule has 1 saturated carbocycles. The van der Waals surface area contributed by atoms with Gasteiger partial charge in [-0.1, -0.05) is 25.8 Å². The van der Waals surface area contributed by atoms with Gasteiger partial charge in [0.05, 0.1) is 13.2 Å². The average molecular weight is 200 g/mol. The minimum absolute atomic E-state index is 0.0349. The van der Waals surface area contributed by atoms with Crippen molar-refractivity contribution in [3.05, 3.63) is 12.2 Å². The summed E-state index contributed by atoms with van der Waals surface area (Å²) < 4.78 is 0. The fourth-order valence-corrected chi connectivity index (χ4v) is 1.67. The maximum Gasteiger partial charge on any atom is 0.105 e. The van der Waals surface area contributed by atoms with Crippen LogP contribution in [-0.4, -0.2) is 24.9 Å². The van der Waals surface area contributed by atoms with Gasteiger partial charge in [0.15, 0.2) is 0 Å². The van der Waals surface area contributed by atoms with Gasteiger partial charge in [0.1, 0.15) is 6.61 Å². The molecule has 3 nitrogen and oxygen atoms in total. The van der Waals surface area contributed by atoms with E-state index in [1.165, 1.54) is 32.1 Å². The molecule has 3 heteroatoms. The van der Waals surface area contributed by atoms with Crippen molar-refractivity contribution in [3.63, 3.8) is 0 Å². The molecule has 1 aliphatic rings. The van der Waals surface area contributed by atoms with Crippen LogP contribution in [0.1, 0.15) is 32.1 Å². The van der Waals surface area contributed by atoms with Crippen molar-refractivity contribution < 1.29 is 14.9 Å². The number of aliphatic hydroxyl groups excluding tert-OH is 1. The fourth-order valence-electron chi connectivity index (χ4n) is 1.67. The molecule has 0 heterocycles. The molecule has 0 aromatic rings. The average Bonchev–Trinajstić information content (AvgIpc) is 2.25. The molecular formula is C11H20O3. The van der Waals surface area contributed by atoms with Crippen LogP contribution in [0.5, 0.6) is 0 Å². The van der Waals surface area contributed by atoms with E-state index in [1.54, 1.807) is 0 Å². The molecule has 0 atom stereocenters. The monoisotopic (exact) mass is 200 g/mol. The summed E-state index contributed by atoms with van der Waals surface area (Å²) in [5, 5.41) is 8.65. The van der Waals surface area contributed by atoms with Gasteiger partial charge in [0.25, 0.3) is 0 Å². The molecule has 0 saturated heterocycles. The Morgan fingerprint density at radius 2 is 1.93 bits per heavy atom. The number of hydrogen-bond acceptors (Lipinski definition) is 3. The Labute approximate surface area is 85.6 Å². The van der Waals surface area contributed by atoms with E-state index in [1.807, 2.05) is 0 Å². The third-order valence-electron chi connectivity index (χ3n) is 2.60. The van der Waals surface area contributed by atoms with Crippen molar-refractivity contribution >= 4 is 0 Å². The van der Waals surface area contributed by atoms with Gasteiger partial charge in [-0.3, -0.25) is 0 Å². The highest BCUT2D eigenvalue weighted by molar-refractivity contribution is 4.92. The van der Waals surface area contributed by atoms with E-state index < -0.39 is 0 Å². The van der Waals surface area contributed by atoms with Crippen molar-refractivity contribution in [1.82, 2.24) is 0 Å². The summed E-state index contributed by atoms with van der Waals surface area (Å²) in [5.41, 5.74) is 0.647. The highest BCUT2D eigenvalue weighted by atomic mass is 17.2. The molecule has 0 aromatic carbocycles. The third kappa shape index (κ3) is 4.74. The second-order valence-corrected chi connectivity index (χ2v) is 3.96. The highest BCUT2D eigenvalue weighted by Crippen LogP contribution is 2.23. The quantitative estimate of drug-likeness (QED) is 0.309. The van der Waals surface area contributed by atoms with Crippen molar-refractivity contribution in [2.75, 3.05) is 19.8 Å². The summed E-state index contributed by atoms with van der Waals surface area (Å²) in [6.07, 6.45) is 6.50. The maximum atomic E-state index is 8.65. The second kappa shape index (κ2) is 6.98. The number of hydrogen-bond donors (Lipinski definition) is 1. The molecule has 0 unspecified atom stereocenters. The van der Waals surface area contributed by atoms with Crippen LogP contribution in [0.15, 0.2) is 12.2 Å². The molecular weight excluding hydrogens is 180 g/mol. The lowest BCUT2D eigenvalue weighted by Gasteiger charge is -2.20. The largest absolute Gasteiger partial charge is 0.392 e. The molecule has 1 fully saturated rings. The Bertz CT molecular complexity index is 162. The summed E-state index contributed by atoms with van der Waals surface area (Å²) in [4.78, 5) is 10.0. The third-order valence-corrected chi connectivity index (χ3v) is 2.60. The van der Waals surface area contributed by atoms with Crippen LogP contribution in [0.4, 0.5) is 0 Å². The fraction of sp³-hybridized carbons (Fsp3) is 0.818. The summed E-state index contributed by atoms with van der Waals surface area (Å²) in [7, 11) is 0. The minimum Gasteiger partial charge on any atom is -0.392 e. The predicted octanol–water partition coefficient (Wildman–Crippen LogP) is 2.06. The van der Waals surface area contributed by atoms with Gasteiger partial charge >= 0.3 is 0 Å². The zero-order valence-corrected chi connectivity index (χ0v) is 8.71. The van der Waals surface area contributed by atoms with E-state index >= 15 is 0 Å². The number of aliphatic hydroxyl groups is 1. The molecule has 0 bridgehead atoms. The van der Waals surface area contributed by atoms with Crippen molar-refractivity contribution in [2.24, 2.45) is 5.92 Å². The van der Waals surface area contributed by atoms with E-state index in [0.29, 0.717) is 24.7 Å². The van der Waals surface area contributed by atoms with Crippen LogP contribution in [0.3, 0.4) is 0 Å². The Hall–Kier alpha value is -0.380. The molecule has 1 N–H and O–H groups in total. The normalized spacial score (nSPS) is 18.4. The first kappa shape index (κ1) is 11.7. The summed E-state index contributed by atoms with van der Waals surface area (Å²) in [6.45, 7) is 4.54. The Balaban J connectivity index is 1.94. The van der Waals surface area contributed by atoms with Gasteiger partial charge in [-0.05, 0) is 24.3 Å². The Morgan fingerprint density at radius 3 is 2.57 bits per heavy atom. The molecule has 0 aliphatic heterocycles. The van der Waals surface area contributed by atoms with E-state index in [0.717, 1.165) is 0 Å². The minimum atomic E-state index is -0.0349. The van der Waals surface area contributed by atoms with Gasteiger partial charge < -0.3 is 5.11 Å². The Kier molecular flexibility index (Phi) is 5.83. The molecule has 14 heavy (non-hydrogen) atoms. The van der Waals surface area contributed by atoms with Crippen LogP contribution >= 0.6 is 0 Å². The highest BCUT2D eigenvalue weighted by Gasteiger charge is 2.13. The Morgan fingerprint density at radius 1 is 1.21 bits per heavy atom. The molecule has 0 aromatic heterocycles. The van der Waals surface area contributed by atoms with Crippen LogP contribution in [-0.2, 0) is 9.78 Å². The van der Waals surface area contributed by atoms with Crippen LogP contribution < -0.4 is 0 Å². The molecule has 1 rings (SSSR count). The first-order valence-electron chi connectivity index (χ1n) is 5.35. The van der Waals surface area contributed by atoms with E-state index in [2.05, 4.69) is 6.58 Å². The zero-order valence-electron chi connectivity index (χ0n) is 8.71. The lowest BCUT2D eigenvalue weighted by Crippen LogP contribution is -2.14. The van der Waals surface area contributed by atoms with Crippen molar-refractivity contribution in [1.29, 1.82) is 0 Å². The van der Waals surface area contributed by atoms with E-state index in [-0.39, 0.29) is 6.61 Å². The summed E-state index contributed by atoms with van der Waals surface area (Å²) in [5.74, 6) is 0.658. The standard InChI is InChI=1S/C11H20O3/c1-10(7-12)8-13-14-9-11-5-3-2-4-6-11/h11-12H,1-9H2. The van der Waals surface area contributed by atoms with Crippen LogP contribution in [0.25, 0.3) is 0 Å². The lowest BCUT2D eigenvalue weighted by molar-refractivity contribution is -0.296. The van der Waals surface area contributed by atoms with Gasteiger partial charge in [0.2, 0.25) is 0 Å². The predicted molar refractivity (Wildman–Crippen MR) is 54.7 cm³/mol. The van der Waals surface area contributed by atoms with Gasteiger partial charge in [-0.25, -0.2) is 9.78 Å². The van der Waals surface area contributed by atoms with Gasteiger partial charge in [-0.2, -0.15) is 0 Å². The van der Waals surface area contributed by atoms with E-state index in [9.17, 15) is 0 Å². The van der Waals surface area contributed by atoms with E-state index in [4.69, 9.17) is 14.9 Å². The molecule has 1 aliphatic carbocycles. The zero-order chi connectivity index (χ0) is 10.2. The lowest BCUT2D eigenvalue weighted by atomic mass is 9.90. The molecule has 0 spiro atoms. The summed E-state index contributed by atoms with van der Waals surface area (Å²) in [6, 6.07) is 0. The topological polar surface area (TPSA) is 38.7 Å². The number of rotatable bonds is 6.